The number of carbonyl (C=O) groups is 1. The number of carbonyl (C=O) groups excluding carboxylic acids is 1. The molecule has 0 unspecified atom stereocenters. The van der Waals surface area contributed by atoms with Crippen molar-refractivity contribution < 1.29 is 4.79 Å². The highest BCUT2D eigenvalue weighted by Gasteiger charge is 2.09. The van der Waals surface area contributed by atoms with Crippen LogP contribution in [-0.2, 0) is 13.0 Å². The molecule has 0 spiro atoms. The Hall–Kier alpha value is -2.41. The van der Waals surface area contributed by atoms with Crippen LogP contribution in [-0.4, -0.2) is 20.9 Å². The molecule has 106 valence electrons. The van der Waals surface area contributed by atoms with Gasteiger partial charge in [0.1, 0.15) is 5.82 Å². The van der Waals surface area contributed by atoms with Gasteiger partial charge in [-0.05, 0) is 18.6 Å². The molecule has 0 atom stereocenters. The highest BCUT2D eigenvalue weighted by Crippen LogP contribution is 2.11. The molecule has 0 aromatic carbocycles. The van der Waals surface area contributed by atoms with Crippen LogP contribution in [0.5, 0.6) is 0 Å². The number of rotatable bonds is 6. The molecule has 2 heterocycles. The van der Waals surface area contributed by atoms with Crippen molar-refractivity contribution in [3.63, 3.8) is 0 Å². The number of imidazole rings is 1. The predicted octanol–water partition coefficient (Wildman–Crippen LogP) is 0.973. The second-order valence-corrected chi connectivity index (χ2v) is 4.39. The first-order valence-corrected chi connectivity index (χ1v) is 6.46. The van der Waals surface area contributed by atoms with Crippen molar-refractivity contribution >= 4 is 11.7 Å². The molecule has 0 aliphatic rings. The molecule has 0 bridgehead atoms. The van der Waals surface area contributed by atoms with Crippen LogP contribution in [0.15, 0.2) is 24.7 Å². The van der Waals surface area contributed by atoms with Gasteiger partial charge in [-0.2, -0.15) is 0 Å². The van der Waals surface area contributed by atoms with E-state index in [0.29, 0.717) is 17.9 Å². The normalized spacial score (nSPS) is 10.3. The minimum absolute atomic E-state index is 0.171. The quantitative estimate of drug-likeness (QED) is 0.463. The van der Waals surface area contributed by atoms with E-state index in [4.69, 9.17) is 5.84 Å². The number of nitrogens with two attached hydrogens (primary N) is 1. The molecule has 7 nitrogen and oxygen atoms in total. The van der Waals surface area contributed by atoms with Crippen LogP contribution in [0.2, 0.25) is 0 Å². The molecule has 2 aromatic rings. The van der Waals surface area contributed by atoms with Crippen molar-refractivity contribution in [2.45, 2.75) is 26.3 Å². The van der Waals surface area contributed by atoms with Crippen molar-refractivity contribution in [3.8, 4) is 0 Å². The van der Waals surface area contributed by atoms with Crippen LogP contribution < -0.4 is 16.6 Å². The average molecular weight is 274 g/mol. The highest BCUT2D eigenvalue weighted by atomic mass is 16.1. The minimum Gasteiger partial charge on any atom is -0.347 e. The summed E-state index contributed by atoms with van der Waals surface area (Å²) in [6, 6.07) is 3.41. The number of aromatic amines is 1. The number of pyridine rings is 1. The second-order valence-electron chi connectivity index (χ2n) is 4.39. The molecule has 0 saturated heterocycles. The Morgan fingerprint density at radius 1 is 1.45 bits per heavy atom. The van der Waals surface area contributed by atoms with E-state index in [-0.39, 0.29) is 5.91 Å². The average Bonchev–Trinajstić information content (AvgIpc) is 2.98. The van der Waals surface area contributed by atoms with Crippen LogP contribution in [0, 0.1) is 0 Å². The number of amides is 1. The van der Waals surface area contributed by atoms with E-state index in [1.807, 2.05) is 0 Å². The number of hydrazine groups is 1. The fraction of sp³-hybridized carbons (Fsp3) is 0.308. The summed E-state index contributed by atoms with van der Waals surface area (Å²) < 4.78 is 0. The molecule has 0 aliphatic heterocycles. The lowest BCUT2D eigenvalue weighted by Crippen LogP contribution is -2.23. The van der Waals surface area contributed by atoms with Gasteiger partial charge in [0, 0.05) is 17.5 Å². The van der Waals surface area contributed by atoms with Crippen molar-refractivity contribution in [2.75, 3.05) is 5.43 Å². The number of aromatic nitrogens is 3. The number of H-pyrrole nitrogens is 1. The predicted molar refractivity (Wildman–Crippen MR) is 75.8 cm³/mol. The van der Waals surface area contributed by atoms with Gasteiger partial charge in [-0.1, -0.05) is 13.3 Å². The smallest absolute Gasteiger partial charge is 0.251 e. The van der Waals surface area contributed by atoms with Crippen molar-refractivity contribution in [2.24, 2.45) is 5.84 Å². The number of nitrogens with one attached hydrogen (secondary N) is 3. The second kappa shape index (κ2) is 6.67. The summed E-state index contributed by atoms with van der Waals surface area (Å²) in [5.74, 6) is 5.70. The van der Waals surface area contributed by atoms with Crippen LogP contribution in [0.4, 0.5) is 5.82 Å². The van der Waals surface area contributed by atoms with E-state index in [9.17, 15) is 4.79 Å². The zero-order chi connectivity index (χ0) is 14.4. The summed E-state index contributed by atoms with van der Waals surface area (Å²) in [4.78, 5) is 23.2. The third-order valence-electron chi connectivity index (χ3n) is 2.79. The van der Waals surface area contributed by atoms with Crippen molar-refractivity contribution in [1.29, 1.82) is 0 Å². The van der Waals surface area contributed by atoms with E-state index >= 15 is 0 Å². The molecule has 5 N–H and O–H groups in total. The molecular formula is C13H18N6O. The summed E-state index contributed by atoms with van der Waals surface area (Å²) in [6.07, 6.45) is 5.00. The number of aryl methyl sites for hydroxylation is 1. The van der Waals surface area contributed by atoms with E-state index < -0.39 is 0 Å². The Labute approximate surface area is 117 Å². The molecular weight excluding hydrogens is 256 g/mol. The lowest BCUT2D eigenvalue weighted by molar-refractivity contribution is 0.0950. The fourth-order valence-electron chi connectivity index (χ4n) is 1.84. The van der Waals surface area contributed by atoms with Crippen molar-refractivity contribution in [1.82, 2.24) is 20.3 Å². The molecule has 0 saturated carbocycles. The first-order valence-electron chi connectivity index (χ1n) is 6.46. The molecule has 0 fully saturated rings. The van der Waals surface area contributed by atoms with Gasteiger partial charge in [0.2, 0.25) is 0 Å². The van der Waals surface area contributed by atoms with Gasteiger partial charge in [0.05, 0.1) is 18.6 Å². The van der Waals surface area contributed by atoms with E-state index in [0.717, 1.165) is 24.2 Å². The van der Waals surface area contributed by atoms with Crippen LogP contribution in [0.3, 0.4) is 0 Å². The highest BCUT2D eigenvalue weighted by molar-refractivity contribution is 5.94. The van der Waals surface area contributed by atoms with Crippen LogP contribution in [0.25, 0.3) is 0 Å². The number of anilines is 1. The molecule has 0 radical (unpaired) electrons. The third kappa shape index (κ3) is 3.55. The maximum absolute atomic E-state index is 12.1. The zero-order valence-corrected chi connectivity index (χ0v) is 11.3. The monoisotopic (exact) mass is 274 g/mol. The molecule has 2 aromatic heterocycles. The summed E-state index contributed by atoms with van der Waals surface area (Å²) >= 11 is 0. The van der Waals surface area contributed by atoms with Gasteiger partial charge in [-0.15, -0.1) is 0 Å². The Bertz CT molecular complexity index is 566. The van der Waals surface area contributed by atoms with Gasteiger partial charge < -0.3 is 15.7 Å². The molecule has 7 heteroatoms. The van der Waals surface area contributed by atoms with Gasteiger partial charge in [-0.3, -0.25) is 4.79 Å². The lowest BCUT2D eigenvalue weighted by Gasteiger charge is -2.08. The third-order valence-corrected chi connectivity index (χ3v) is 2.79. The number of hydrogen-bond acceptors (Lipinski definition) is 5. The Morgan fingerprint density at radius 2 is 2.30 bits per heavy atom. The maximum atomic E-state index is 12.1. The van der Waals surface area contributed by atoms with Crippen molar-refractivity contribution in [3.05, 3.63) is 41.6 Å². The largest absolute Gasteiger partial charge is 0.347 e. The fourth-order valence-corrected chi connectivity index (χ4v) is 1.84. The van der Waals surface area contributed by atoms with Crippen LogP contribution in [0.1, 0.15) is 35.1 Å². The lowest BCUT2D eigenvalue weighted by atomic mass is 10.1. The number of nitrogen functional groups attached to an aromatic ring is 1. The first kappa shape index (κ1) is 14.0. The molecule has 2 rings (SSSR count). The Balaban J connectivity index is 2.09. The number of hydrogen-bond donors (Lipinski definition) is 4. The zero-order valence-electron chi connectivity index (χ0n) is 11.3. The molecule has 20 heavy (non-hydrogen) atoms. The summed E-state index contributed by atoms with van der Waals surface area (Å²) in [5.41, 5.74) is 4.71. The van der Waals surface area contributed by atoms with Gasteiger partial charge in [0.25, 0.3) is 5.91 Å². The summed E-state index contributed by atoms with van der Waals surface area (Å²) in [5, 5.41) is 2.82. The van der Waals surface area contributed by atoms with Gasteiger partial charge in [0.15, 0.2) is 0 Å². The SMILES string of the molecule is CCCc1cc(C(=O)NCc2cnc[nH]2)cc(NN)n1. The molecule has 1 amide bonds. The van der Waals surface area contributed by atoms with Crippen LogP contribution >= 0.6 is 0 Å². The number of nitrogens with zero attached hydrogens (tertiary/aromatic N) is 2. The van der Waals surface area contributed by atoms with E-state index in [2.05, 4.69) is 32.6 Å². The Morgan fingerprint density at radius 3 is 2.95 bits per heavy atom. The Kier molecular flexibility index (Phi) is 4.67. The molecule has 0 aliphatic carbocycles. The van der Waals surface area contributed by atoms with E-state index in [1.165, 1.54) is 0 Å². The van der Waals surface area contributed by atoms with E-state index in [1.54, 1.807) is 24.7 Å². The summed E-state index contributed by atoms with van der Waals surface area (Å²) in [7, 11) is 0. The summed E-state index contributed by atoms with van der Waals surface area (Å²) in [6.45, 7) is 2.46. The standard InChI is InChI=1S/C13H18N6O/c1-2-3-10-4-9(5-12(18-10)19-14)13(20)16-7-11-6-15-8-17-11/h4-6,8H,2-3,7,14H2,1H3,(H,15,17)(H,16,20)(H,18,19). The first-order chi connectivity index (χ1) is 9.72. The van der Waals surface area contributed by atoms with Gasteiger partial charge >= 0.3 is 0 Å². The topological polar surface area (TPSA) is 109 Å². The van der Waals surface area contributed by atoms with Gasteiger partial charge in [-0.25, -0.2) is 15.8 Å². The maximum Gasteiger partial charge on any atom is 0.251 e. The minimum atomic E-state index is -0.171.